The molecule has 2 rings (SSSR count). The van der Waals surface area contributed by atoms with E-state index in [2.05, 4.69) is 45.5 Å². The molecule has 1 aliphatic rings. The molecule has 1 saturated heterocycles. The largest absolute Gasteiger partial charge is 0.401 e. The van der Waals surface area contributed by atoms with E-state index < -0.39 is 13.9 Å². The summed E-state index contributed by atoms with van der Waals surface area (Å²) in [7, 11) is -1.63. The zero-order valence-corrected chi connectivity index (χ0v) is 12.2. The second kappa shape index (κ2) is 4.18. The van der Waals surface area contributed by atoms with Crippen molar-refractivity contribution in [1.29, 1.82) is 0 Å². The van der Waals surface area contributed by atoms with Crippen LogP contribution in [0, 0.1) is 0 Å². The number of hydrogen-bond acceptors (Lipinski definition) is 4. The topological polar surface area (TPSA) is 44.2 Å². The van der Waals surface area contributed by atoms with Gasteiger partial charge in [0.25, 0.3) is 0 Å². The lowest BCUT2D eigenvalue weighted by molar-refractivity contribution is -0.177. The predicted octanol–water partition coefficient (Wildman–Crippen LogP) is 2.32. The van der Waals surface area contributed by atoms with Crippen LogP contribution in [0.2, 0.25) is 19.6 Å². The van der Waals surface area contributed by atoms with Gasteiger partial charge < -0.3 is 9.16 Å². The van der Waals surface area contributed by atoms with Crippen LogP contribution in [0.4, 0.5) is 0 Å². The van der Waals surface area contributed by atoms with Crippen LogP contribution in [0.25, 0.3) is 0 Å². The van der Waals surface area contributed by atoms with E-state index in [1.807, 2.05) is 0 Å². The highest BCUT2D eigenvalue weighted by atomic mass is 79.9. The third-order valence-corrected chi connectivity index (χ3v) is 3.61. The Balaban J connectivity index is 2.24. The van der Waals surface area contributed by atoms with Gasteiger partial charge in [-0.05, 0) is 35.6 Å². The molecule has 1 aromatic heterocycles. The van der Waals surface area contributed by atoms with Gasteiger partial charge in [0.05, 0.1) is 17.7 Å². The molecule has 0 N–H and O–H groups in total. The van der Waals surface area contributed by atoms with E-state index in [9.17, 15) is 0 Å². The molecule has 1 fully saturated rings. The van der Waals surface area contributed by atoms with Gasteiger partial charge in [0.2, 0.25) is 0 Å². The zero-order chi connectivity index (χ0) is 11.8. The van der Waals surface area contributed by atoms with Crippen molar-refractivity contribution in [3.8, 4) is 0 Å². The van der Waals surface area contributed by atoms with Gasteiger partial charge >= 0.3 is 0 Å². The molecule has 0 aliphatic carbocycles. The van der Waals surface area contributed by atoms with Gasteiger partial charge in [0.1, 0.15) is 0 Å². The molecular weight excluding hydrogens is 288 g/mol. The van der Waals surface area contributed by atoms with E-state index in [4.69, 9.17) is 9.16 Å². The Morgan fingerprint density at radius 3 is 2.25 bits per heavy atom. The van der Waals surface area contributed by atoms with Crippen LogP contribution < -0.4 is 0 Å². The van der Waals surface area contributed by atoms with Crippen molar-refractivity contribution in [2.45, 2.75) is 25.2 Å². The molecule has 1 aliphatic heterocycles. The second-order valence-corrected chi connectivity index (χ2v) is 10.3. The lowest BCUT2D eigenvalue weighted by Gasteiger charge is -2.43. The van der Waals surface area contributed by atoms with E-state index in [0.717, 1.165) is 10.3 Å². The molecule has 4 nitrogen and oxygen atoms in total. The smallest absolute Gasteiger partial charge is 0.185 e. The molecule has 1 aromatic rings. The third kappa shape index (κ3) is 2.50. The number of rotatable bonds is 3. The average Bonchev–Trinajstić information content (AvgIpc) is 2.11. The SMILES string of the molecule is C[Si](C)(C)OC1(c2ncc(Br)cn2)COC1. The maximum atomic E-state index is 6.16. The van der Waals surface area contributed by atoms with Gasteiger partial charge in [-0.3, -0.25) is 0 Å². The second-order valence-electron chi connectivity index (χ2n) is 4.93. The monoisotopic (exact) mass is 302 g/mol. The predicted molar refractivity (Wildman–Crippen MR) is 66.7 cm³/mol. The zero-order valence-electron chi connectivity index (χ0n) is 9.66. The molecule has 6 heteroatoms. The summed E-state index contributed by atoms with van der Waals surface area (Å²) < 4.78 is 12.3. The minimum Gasteiger partial charge on any atom is -0.401 e. The normalized spacial score (nSPS) is 19.2. The van der Waals surface area contributed by atoms with Gasteiger partial charge in [-0.15, -0.1) is 0 Å². The maximum absolute atomic E-state index is 6.16. The highest BCUT2D eigenvalue weighted by Gasteiger charge is 2.47. The summed E-state index contributed by atoms with van der Waals surface area (Å²) in [6, 6.07) is 0. The first kappa shape index (κ1) is 12.2. The molecule has 0 unspecified atom stereocenters. The van der Waals surface area contributed by atoms with Crippen molar-refractivity contribution in [1.82, 2.24) is 9.97 Å². The summed E-state index contributed by atoms with van der Waals surface area (Å²) in [6.45, 7) is 7.58. The summed E-state index contributed by atoms with van der Waals surface area (Å²) in [5.74, 6) is 0.726. The Hall–Kier alpha value is -0.303. The van der Waals surface area contributed by atoms with Crippen LogP contribution in [0.1, 0.15) is 5.82 Å². The van der Waals surface area contributed by atoms with Crippen molar-refractivity contribution in [3.05, 3.63) is 22.7 Å². The molecule has 0 spiro atoms. The van der Waals surface area contributed by atoms with Gasteiger partial charge in [0, 0.05) is 12.4 Å². The quantitative estimate of drug-likeness (QED) is 0.804. The summed E-state index contributed by atoms with van der Waals surface area (Å²) in [4.78, 5) is 8.63. The molecule has 0 amide bonds. The van der Waals surface area contributed by atoms with E-state index in [1.165, 1.54) is 0 Å². The van der Waals surface area contributed by atoms with Crippen molar-refractivity contribution in [3.63, 3.8) is 0 Å². The van der Waals surface area contributed by atoms with Crippen molar-refractivity contribution >= 4 is 24.2 Å². The van der Waals surface area contributed by atoms with Crippen molar-refractivity contribution in [2.24, 2.45) is 0 Å². The van der Waals surface area contributed by atoms with Gasteiger partial charge in [-0.2, -0.15) is 0 Å². The van der Waals surface area contributed by atoms with E-state index >= 15 is 0 Å². The van der Waals surface area contributed by atoms with Crippen LogP contribution in [0.15, 0.2) is 16.9 Å². The number of aromatic nitrogens is 2. The molecule has 0 atom stereocenters. The van der Waals surface area contributed by atoms with Crippen LogP contribution in [0.3, 0.4) is 0 Å². The molecule has 0 saturated carbocycles. The molecule has 2 heterocycles. The minimum atomic E-state index is -1.63. The Kier molecular flexibility index (Phi) is 3.17. The van der Waals surface area contributed by atoms with Crippen LogP contribution in [0.5, 0.6) is 0 Å². The fourth-order valence-electron chi connectivity index (χ4n) is 1.65. The molecule has 16 heavy (non-hydrogen) atoms. The first-order chi connectivity index (χ1) is 7.41. The van der Waals surface area contributed by atoms with Crippen LogP contribution >= 0.6 is 15.9 Å². The Bertz CT molecular complexity index is 373. The van der Waals surface area contributed by atoms with E-state index in [1.54, 1.807) is 12.4 Å². The average molecular weight is 303 g/mol. The number of nitrogens with zero attached hydrogens (tertiary/aromatic N) is 2. The molecular formula is C10H15BrN2O2Si. The molecule has 88 valence electrons. The Morgan fingerprint density at radius 2 is 1.88 bits per heavy atom. The fraction of sp³-hybridized carbons (Fsp3) is 0.600. The van der Waals surface area contributed by atoms with E-state index in [0.29, 0.717) is 13.2 Å². The number of hydrogen-bond donors (Lipinski definition) is 0. The highest BCUT2D eigenvalue weighted by molar-refractivity contribution is 9.10. The standard InChI is InChI=1S/C10H15BrN2O2Si/c1-16(2,3)15-10(6-14-7-10)9-12-4-8(11)5-13-9/h4-5H,6-7H2,1-3H3. The summed E-state index contributed by atoms with van der Waals surface area (Å²) in [6.07, 6.45) is 3.49. The summed E-state index contributed by atoms with van der Waals surface area (Å²) in [5.41, 5.74) is -0.412. The third-order valence-electron chi connectivity index (χ3n) is 2.20. The molecule has 0 radical (unpaired) electrons. The van der Waals surface area contributed by atoms with Crippen LogP contribution in [-0.4, -0.2) is 31.5 Å². The van der Waals surface area contributed by atoms with Crippen LogP contribution in [-0.2, 0) is 14.8 Å². The van der Waals surface area contributed by atoms with Crippen molar-refractivity contribution in [2.75, 3.05) is 13.2 Å². The lowest BCUT2D eigenvalue weighted by Crippen LogP contribution is -2.55. The maximum Gasteiger partial charge on any atom is 0.185 e. The fourth-order valence-corrected chi connectivity index (χ4v) is 3.24. The van der Waals surface area contributed by atoms with Gasteiger partial charge in [-0.25, -0.2) is 9.97 Å². The summed E-state index contributed by atoms with van der Waals surface area (Å²) in [5, 5.41) is 0. The highest BCUT2D eigenvalue weighted by Crippen LogP contribution is 2.34. The molecule has 0 bridgehead atoms. The van der Waals surface area contributed by atoms with Gasteiger partial charge in [0.15, 0.2) is 19.7 Å². The Morgan fingerprint density at radius 1 is 1.31 bits per heavy atom. The van der Waals surface area contributed by atoms with E-state index in [-0.39, 0.29) is 0 Å². The first-order valence-electron chi connectivity index (χ1n) is 5.17. The minimum absolute atomic E-state index is 0.412. The van der Waals surface area contributed by atoms with Crippen molar-refractivity contribution < 1.29 is 9.16 Å². The lowest BCUT2D eigenvalue weighted by atomic mass is 10.0. The number of halogens is 1. The summed E-state index contributed by atoms with van der Waals surface area (Å²) >= 11 is 3.33. The number of ether oxygens (including phenoxy) is 1. The Labute approximate surface area is 105 Å². The first-order valence-corrected chi connectivity index (χ1v) is 9.37. The molecule has 0 aromatic carbocycles. The van der Waals surface area contributed by atoms with Gasteiger partial charge in [-0.1, -0.05) is 0 Å².